The molecule has 3 rings (SSSR count). The lowest BCUT2D eigenvalue weighted by atomic mass is 9.99. The number of anilines is 1. The first-order valence-corrected chi connectivity index (χ1v) is 14.0. The maximum Gasteiger partial charge on any atom is 0.308 e. The summed E-state index contributed by atoms with van der Waals surface area (Å²) in [5.41, 5.74) is -0.535. The van der Waals surface area contributed by atoms with Gasteiger partial charge in [0.25, 0.3) is 0 Å². The molecule has 2 aromatic heterocycles. The highest BCUT2D eigenvalue weighted by molar-refractivity contribution is 8.13. The average molecular weight is 584 g/mol. The molecule has 14 heteroatoms. The second kappa shape index (κ2) is 13.1. The van der Waals surface area contributed by atoms with Gasteiger partial charge in [-0.3, -0.25) is 23.7 Å². The van der Waals surface area contributed by atoms with Gasteiger partial charge in [0, 0.05) is 25.5 Å². The molecule has 1 aliphatic rings. The van der Waals surface area contributed by atoms with E-state index in [-0.39, 0.29) is 53.4 Å². The summed E-state index contributed by atoms with van der Waals surface area (Å²) in [5, 5.41) is 2.60. The molecular weight excluding hydrogens is 550 g/mol. The van der Waals surface area contributed by atoms with Crippen molar-refractivity contribution in [2.24, 2.45) is 11.8 Å². The van der Waals surface area contributed by atoms with Gasteiger partial charge in [0.2, 0.25) is 11.2 Å². The third kappa shape index (κ3) is 7.89. The monoisotopic (exact) mass is 583 g/mol. The molecule has 39 heavy (non-hydrogen) atoms. The first-order chi connectivity index (χ1) is 18.3. The van der Waals surface area contributed by atoms with Crippen LogP contribution in [-0.4, -0.2) is 66.5 Å². The molecule has 2 aromatic rings. The van der Waals surface area contributed by atoms with Crippen LogP contribution in [0, 0.1) is 11.8 Å². The lowest BCUT2D eigenvalue weighted by Crippen LogP contribution is -2.44. The predicted octanol–water partition coefficient (Wildman–Crippen LogP) is 3.92. The van der Waals surface area contributed by atoms with E-state index in [4.69, 9.17) is 25.8 Å². The Balaban J connectivity index is 1.83. The van der Waals surface area contributed by atoms with E-state index in [2.05, 4.69) is 20.3 Å². The van der Waals surface area contributed by atoms with Crippen molar-refractivity contribution in [3.63, 3.8) is 0 Å². The first-order valence-electron chi connectivity index (χ1n) is 12.7. The molecule has 0 saturated carbocycles. The van der Waals surface area contributed by atoms with Crippen molar-refractivity contribution in [1.82, 2.24) is 19.5 Å². The normalized spacial score (nSPS) is 20.9. The van der Waals surface area contributed by atoms with Gasteiger partial charge in [0.05, 0.1) is 18.2 Å². The summed E-state index contributed by atoms with van der Waals surface area (Å²) >= 11 is 7.34. The number of aromatic nitrogens is 4. The van der Waals surface area contributed by atoms with Crippen molar-refractivity contribution in [3.05, 3.63) is 11.6 Å². The van der Waals surface area contributed by atoms with Crippen molar-refractivity contribution in [3.8, 4) is 0 Å². The Bertz CT molecular complexity index is 1240. The summed E-state index contributed by atoms with van der Waals surface area (Å²) in [6, 6.07) is 0. The van der Waals surface area contributed by atoms with Crippen molar-refractivity contribution < 1.29 is 33.4 Å². The molecule has 214 valence electrons. The Morgan fingerprint density at radius 1 is 1.21 bits per heavy atom. The molecule has 0 bridgehead atoms. The zero-order valence-electron chi connectivity index (χ0n) is 22.9. The van der Waals surface area contributed by atoms with E-state index in [9.17, 15) is 19.2 Å². The van der Waals surface area contributed by atoms with Crippen LogP contribution in [0.3, 0.4) is 0 Å². The summed E-state index contributed by atoms with van der Waals surface area (Å²) in [6.07, 6.45) is 0.995. The quantitative estimate of drug-likeness (QED) is 0.233. The molecular formula is C25H34ClN5O7S. The molecule has 0 spiro atoms. The van der Waals surface area contributed by atoms with Crippen LogP contribution in [0.2, 0.25) is 5.28 Å². The largest absolute Gasteiger partial charge is 0.462 e. The minimum Gasteiger partial charge on any atom is -0.462 e. The second-order valence-corrected chi connectivity index (χ2v) is 11.7. The number of carbonyl (C=O) groups is 4. The molecule has 0 radical (unpaired) electrons. The molecule has 3 atom stereocenters. The van der Waals surface area contributed by atoms with Gasteiger partial charge in [-0.2, -0.15) is 9.97 Å². The third-order valence-corrected chi connectivity index (χ3v) is 7.09. The maximum atomic E-state index is 12.5. The second-order valence-electron chi connectivity index (χ2n) is 10.1. The fourth-order valence-corrected chi connectivity index (χ4v) is 4.57. The van der Waals surface area contributed by atoms with E-state index in [0.717, 1.165) is 11.8 Å². The highest BCUT2D eigenvalue weighted by Crippen LogP contribution is 2.40. The van der Waals surface area contributed by atoms with Crippen molar-refractivity contribution in [1.29, 1.82) is 0 Å². The highest BCUT2D eigenvalue weighted by atomic mass is 35.5. The van der Waals surface area contributed by atoms with E-state index >= 15 is 0 Å². The third-order valence-electron chi connectivity index (χ3n) is 6.02. The number of ether oxygens (including phenoxy) is 3. The van der Waals surface area contributed by atoms with E-state index in [1.54, 1.807) is 39.2 Å². The van der Waals surface area contributed by atoms with Crippen LogP contribution in [0.5, 0.6) is 0 Å². The van der Waals surface area contributed by atoms with Gasteiger partial charge in [0.1, 0.15) is 24.5 Å². The summed E-state index contributed by atoms with van der Waals surface area (Å²) < 4.78 is 19.1. The summed E-state index contributed by atoms with van der Waals surface area (Å²) in [5.74, 6) is -1.13. The van der Waals surface area contributed by atoms with Crippen LogP contribution in [0.25, 0.3) is 11.2 Å². The summed E-state index contributed by atoms with van der Waals surface area (Å²) in [4.78, 5) is 61.0. The van der Waals surface area contributed by atoms with Crippen molar-refractivity contribution >= 4 is 63.3 Å². The van der Waals surface area contributed by atoms with E-state index in [1.807, 2.05) is 0 Å². The summed E-state index contributed by atoms with van der Waals surface area (Å²) in [7, 11) is 0. The van der Waals surface area contributed by atoms with Crippen LogP contribution in [0.4, 0.5) is 5.82 Å². The van der Waals surface area contributed by atoms with E-state index < -0.39 is 29.9 Å². The molecule has 1 aliphatic heterocycles. The maximum absolute atomic E-state index is 12.5. The van der Waals surface area contributed by atoms with Gasteiger partial charge in [0.15, 0.2) is 22.1 Å². The van der Waals surface area contributed by atoms with Gasteiger partial charge in [-0.15, -0.1) is 0 Å². The zero-order chi connectivity index (χ0) is 28.9. The van der Waals surface area contributed by atoms with Crippen molar-refractivity contribution in [2.75, 3.05) is 17.7 Å². The Morgan fingerprint density at radius 2 is 1.90 bits per heavy atom. The number of halogens is 1. The molecule has 0 aromatic carbocycles. The number of nitrogens with one attached hydrogen (secondary N) is 1. The molecule has 12 nitrogen and oxygen atoms in total. The zero-order valence-corrected chi connectivity index (χ0v) is 24.4. The van der Waals surface area contributed by atoms with Gasteiger partial charge < -0.3 is 19.5 Å². The highest BCUT2D eigenvalue weighted by Gasteiger charge is 2.50. The summed E-state index contributed by atoms with van der Waals surface area (Å²) in [6.45, 7) is 9.98. The molecule has 0 aliphatic carbocycles. The fraction of sp³-hybridized carbons (Fsp3) is 0.640. The Hall–Kier alpha value is -2.77. The standard InChI is InChI=1S/C25H34ClN5O7S/c1-13(2)22(34)36-11-25(6)16(37-23(35)14(3)4)10-18(38-25)31-12-27-19-20(29-24(26)30-21(19)31)28-17(33)8-7-9-39-15(5)32/h12-14,16,18H,7-11H2,1-6H3,(H,28,29,30,33)/t16-,18+,25+/m0/s1. The molecule has 1 fully saturated rings. The van der Waals surface area contributed by atoms with E-state index in [0.29, 0.717) is 23.3 Å². The minimum atomic E-state index is -1.14. The average Bonchev–Trinajstić information content (AvgIpc) is 3.41. The number of hydrogen-bond acceptors (Lipinski definition) is 11. The van der Waals surface area contributed by atoms with Gasteiger partial charge in [-0.1, -0.05) is 39.5 Å². The lowest BCUT2D eigenvalue weighted by molar-refractivity contribution is -0.177. The number of imidazole rings is 1. The molecule has 1 saturated heterocycles. The lowest BCUT2D eigenvalue weighted by Gasteiger charge is -2.30. The number of esters is 2. The topological polar surface area (TPSA) is 152 Å². The predicted molar refractivity (Wildman–Crippen MR) is 145 cm³/mol. The van der Waals surface area contributed by atoms with Gasteiger partial charge in [-0.25, -0.2) is 4.98 Å². The van der Waals surface area contributed by atoms with Gasteiger partial charge >= 0.3 is 11.9 Å². The van der Waals surface area contributed by atoms with Crippen LogP contribution >= 0.6 is 23.4 Å². The van der Waals surface area contributed by atoms with E-state index in [1.165, 1.54) is 13.3 Å². The number of carbonyl (C=O) groups excluding carboxylic acids is 4. The number of fused-ring (bicyclic) bond motifs is 1. The number of amides is 1. The number of hydrogen-bond donors (Lipinski definition) is 1. The first kappa shape index (κ1) is 30.8. The number of rotatable bonds is 11. The van der Waals surface area contributed by atoms with Crippen LogP contribution in [0.15, 0.2) is 6.33 Å². The van der Waals surface area contributed by atoms with Crippen molar-refractivity contribution in [2.45, 2.75) is 78.7 Å². The smallest absolute Gasteiger partial charge is 0.308 e. The SMILES string of the molecule is CC(=O)SCCCC(=O)Nc1nc(Cl)nc2c1ncn2[C@H]1C[C@H](OC(=O)C(C)C)[C@@](C)(COC(=O)C(C)C)O1. The van der Waals surface area contributed by atoms with Gasteiger partial charge in [-0.05, 0) is 24.9 Å². The molecule has 1 amide bonds. The fourth-order valence-electron chi connectivity index (χ4n) is 3.83. The molecule has 3 heterocycles. The Labute approximate surface area is 235 Å². The molecule has 1 N–H and O–H groups in total. The number of thioether (sulfide) groups is 1. The minimum absolute atomic E-state index is 0.00485. The van der Waals surface area contributed by atoms with Crippen LogP contribution in [0.1, 0.15) is 67.0 Å². The molecule has 0 unspecified atom stereocenters. The Morgan fingerprint density at radius 3 is 2.54 bits per heavy atom. The van der Waals surface area contributed by atoms with Crippen LogP contribution < -0.4 is 5.32 Å². The Kier molecular flexibility index (Phi) is 10.3. The van der Waals surface area contributed by atoms with Crippen LogP contribution in [-0.2, 0) is 33.4 Å². The number of nitrogens with zero attached hydrogens (tertiary/aromatic N) is 4.